The first-order valence-corrected chi connectivity index (χ1v) is 13.3. The number of ether oxygens (including phenoxy) is 2. The van der Waals surface area contributed by atoms with Crippen LogP contribution in [-0.4, -0.2) is 76.4 Å². The molecule has 2 aromatic rings. The van der Waals surface area contributed by atoms with Gasteiger partial charge in [-0.25, -0.2) is 9.97 Å². The average Bonchev–Trinajstić information content (AvgIpc) is 3.69. The Bertz CT molecular complexity index is 1280. The highest BCUT2D eigenvalue weighted by Gasteiger charge is 2.27. The molecule has 1 saturated heterocycles. The summed E-state index contributed by atoms with van der Waals surface area (Å²) in [7, 11) is 2.09. The van der Waals surface area contributed by atoms with E-state index in [0.717, 1.165) is 18.7 Å². The molecule has 1 aromatic carbocycles. The van der Waals surface area contributed by atoms with E-state index < -0.39 is 0 Å². The summed E-state index contributed by atoms with van der Waals surface area (Å²) in [6.45, 7) is 1.88. The minimum absolute atomic E-state index is 0.00884. The van der Waals surface area contributed by atoms with Gasteiger partial charge in [0.1, 0.15) is 41.1 Å². The number of likely N-dealkylation sites (tertiary alicyclic amines) is 1. The van der Waals surface area contributed by atoms with Crippen molar-refractivity contribution in [3.63, 3.8) is 0 Å². The van der Waals surface area contributed by atoms with E-state index in [1.807, 2.05) is 36.4 Å². The molecule has 1 amide bonds. The number of nitrogens with two attached hydrogens (primary N) is 2. The molecule has 1 unspecified atom stereocenters. The standard InChI is InChI=1S/C29H35N7O3/c1-35(21-9-10-21)16-5-8-25(37)36-17-15-20(18-36)34-28(31)26-27(30)32-19-33-29(26)39-24-13-11-23(12-14-24)38-22-6-3-2-4-7-22/h2-6,8,11-14,19-22H,7,9-10,15-18H2,1H3,(H2,31,34)(H2,30,32,33)/b8-5+/t20-,22?/m1/s1. The predicted octanol–water partition coefficient (Wildman–Crippen LogP) is 3.07. The molecule has 10 nitrogen and oxygen atoms in total. The van der Waals surface area contributed by atoms with Crippen molar-refractivity contribution in [2.75, 3.05) is 32.4 Å². The molecule has 3 aliphatic rings. The van der Waals surface area contributed by atoms with E-state index in [4.69, 9.17) is 20.9 Å². The third-order valence-corrected chi connectivity index (χ3v) is 6.99. The number of aromatic nitrogens is 2. The minimum atomic E-state index is -0.149. The molecule has 0 spiro atoms. The van der Waals surface area contributed by atoms with Crippen molar-refractivity contribution in [2.45, 2.75) is 43.9 Å². The number of nitrogen functional groups attached to an aromatic ring is 1. The smallest absolute Gasteiger partial charge is 0.246 e. The Labute approximate surface area is 228 Å². The molecule has 204 valence electrons. The third-order valence-electron chi connectivity index (χ3n) is 6.99. The van der Waals surface area contributed by atoms with Crippen molar-refractivity contribution in [3.8, 4) is 17.4 Å². The number of nitrogens with zero attached hydrogens (tertiary/aromatic N) is 5. The molecule has 2 fully saturated rings. The van der Waals surface area contributed by atoms with Gasteiger partial charge in [0.15, 0.2) is 0 Å². The number of amides is 1. The number of benzene rings is 1. The average molecular weight is 530 g/mol. The van der Waals surface area contributed by atoms with Gasteiger partial charge in [0, 0.05) is 38.2 Å². The lowest BCUT2D eigenvalue weighted by atomic mass is 10.1. The fraction of sp³-hybridized carbons (Fsp3) is 0.379. The molecule has 2 heterocycles. The Hall–Kier alpha value is -4.18. The Morgan fingerprint density at radius 2 is 1.97 bits per heavy atom. The molecule has 0 radical (unpaired) electrons. The molecular formula is C29H35N7O3. The fourth-order valence-corrected chi connectivity index (χ4v) is 4.62. The van der Waals surface area contributed by atoms with E-state index in [1.165, 1.54) is 19.2 Å². The second-order valence-electron chi connectivity index (χ2n) is 10.0. The first-order valence-electron chi connectivity index (χ1n) is 13.3. The number of carbonyl (C=O) groups excluding carboxylic acids is 1. The summed E-state index contributed by atoms with van der Waals surface area (Å²) < 4.78 is 12.0. The normalized spacial score (nSPS) is 21.2. The second-order valence-corrected chi connectivity index (χ2v) is 10.0. The van der Waals surface area contributed by atoms with Crippen LogP contribution in [0.4, 0.5) is 5.82 Å². The molecule has 1 aliphatic heterocycles. The van der Waals surface area contributed by atoms with Crippen LogP contribution in [0.1, 0.15) is 31.2 Å². The Morgan fingerprint density at radius 3 is 2.72 bits per heavy atom. The Balaban J connectivity index is 1.20. The summed E-state index contributed by atoms with van der Waals surface area (Å²) in [6.07, 6.45) is 17.0. The zero-order valence-electron chi connectivity index (χ0n) is 22.1. The maximum Gasteiger partial charge on any atom is 0.246 e. The lowest BCUT2D eigenvalue weighted by Crippen LogP contribution is -2.29. The van der Waals surface area contributed by atoms with Crippen LogP contribution < -0.4 is 20.9 Å². The minimum Gasteiger partial charge on any atom is -0.486 e. The van der Waals surface area contributed by atoms with Gasteiger partial charge < -0.3 is 25.8 Å². The first kappa shape index (κ1) is 26.4. The van der Waals surface area contributed by atoms with Gasteiger partial charge in [0.2, 0.25) is 11.8 Å². The van der Waals surface area contributed by atoms with Crippen LogP contribution in [-0.2, 0) is 4.79 Å². The highest BCUT2D eigenvalue weighted by molar-refractivity contribution is 6.03. The predicted molar refractivity (Wildman–Crippen MR) is 151 cm³/mol. The lowest BCUT2D eigenvalue weighted by molar-refractivity contribution is -0.125. The number of likely N-dealkylation sites (N-methyl/N-ethyl adjacent to an activating group) is 1. The van der Waals surface area contributed by atoms with Crippen LogP contribution in [0.3, 0.4) is 0 Å². The van der Waals surface area contributed by atoms with Crippen molar-refractivity contribution >= 4 is 17.6 Å². The van der Waals surface area contributed by atoms with Crippen molar-refractivity contribution in [1.29, 1.82) is 0 Å². The molecule has 39 heavy (non-hydrogen) atoms. The molecule has 1 saturated carbocycles. The van der Waals surface area contributed by atoms with Crippen molar-refractivity contribution in [2.24, 2.45) is 10.7 Å². The summed E-state index contributed by atoms with van der Waals surface area (Å²) in [4.78, 5) is 29.7. The number of hydrogen-bond acceptors (Lipinski definition) is 8. The number of anilines is 1. The molecule has 2 atom stereocenters. The highest BCUT2D eigenvalue weighted by atomic mass is 16.5. The van der Waals surface area contributed by atoms with Crippen LogP contribution in [0.2, 0.25) is 0 Å². The van der Waals surface area contributed by atoms with Gasteiger partial charge in [-0.05, 0) is 56.7 Å². The van der Waals surface area contributed by atoms with E-state index in [2.05, 4.69) is 33.0 Å². The molecule has 2 aliphatic carbocycles. The molecule has 10 heteroatoms. The molecule has 5 rings (SSSR count). The SMILES string of the molecule is CN(C/C=C/C(=O)N1CC[C@@H](N=C(N)c2c(N)ncnc2Oc2ccc(OC3C=CC=CC3)cc2)C1)C1CC1. The van der Waals surface area contributed by atoms with Crippen LogP contribution in [0.5, 0.6) is 17.4 Å². The first-order chi connectivity index (χ1) is 19.0. The maximum absolute atomic E-state index is 12.6. The largest absolute Gasteiger partial charge is 0.486 e. The molecule has 1 aromatic heterocycles. The van der Waals surface area contributed by atoms with Gasteiger partial charge in [-0.3, -0.25) is 14.7 Å². The topological polar surface area (TPSA) is 132 Å². The van der Waals surface area contributed by atoms with Gasteiger partial charge in [0.05, 0.1) is 6.04 Å². The summed E-state index contributed by atoms with van der Waals surface area (Å²) in [5, 5.41) is 0. The van der Waals surface area contributed by atoms with Gasteiger partial charge >= 0.3 is 0 Å². The summed E-state index contributed by atoms with van der Waals surface area (Å²) in [5.41, 5.74) is 12.9. The van der Waals surface area contributed by atoms with Crippen LogP contribution in [0.25, 0.3) is 0 Å². The fourth-order valence-electron chi connectivity index (χ4n) is 4.62. The second kappa shape index (κ2) is 12.1. The van der Waals surface area contributed by atoms with Gasteiger partial charge in [0.25, 0.3) is 0 Å². The number of rotatable bonds is 10. The van der Waals surface area contributed by atoms with Gasteiger partial charge in [-0.15, -0.1) is 0 Å². The zero-order valence-corrected chi connectivity index (χ0v) is 22.1. The monoisotopic (exact) mass is 529 g/mol. The van der Waals surface area contributed by atoms with Gasteiger partial charge in [-0.1, -0.05) is 24.3 Å². The molecule has 0 bridgehead atoms. The van der Waals surface area contributed by atoms with E-state index in [0.29, 0.717) is 36.9 Å². The van der Waals surface area contributed by atoms with E-state index in [-0.39, 0.29) is 35.6 Å². The van der Waals surface area contributed by atoms with Crippen molar-refractivity contribution in [1.82, 2.24) is 19.8 Å². The van der Waals surface area contributed by atoms with Gasteiger partial charge in [-0.2, -0.15) is 0 Å². The number of carbonyl (C=O) groups is 1. The highest BCUT2D eigenvalue weighted by Crippen LogP contribution is 2.28. The summed E-state index contributed by atoms with van der Waals surface area (Å²) in [5.74, 6) is 1.84. The molecule has 4 N–H and O–H groups in total. The van der Waals surface area contributed by atoms with E-state index >= 15 is 0 Å². The molecular weight excluding hydrogens is 494 g/mol. The van der Waals surface area contributed by atoms with Crippen LogP contribution >= 0.6 is 0 Å². The lowest BCUT2D eigenvalue weighted by Gasteiger charge is -2.16. The Morgan fingerprint density at radius 1 is 1.18 bits per heavy atom. The van der Waals surface area contributed by atoms with Crippen molar-refractivity contribution in [3.05, 3.63) is 72.6 Å². The van der Waals surface area contributed by atoms with Crippen LogP contribution in [0, 0.1) is 0 Å². The summed E-state index contributed by atoms with van der Waals surface area (Å²) in [6, 6.07) is 7.78. The number of aliphatic imine (C=N–C) groups is 1. The van der Waals surface area contributed by atoms with E-state index in [9.17, 15) is 4.79 Å². The summed E-state index contributed by atoms with van der Waals surface area (Å²) >= 11 is 0. The zero-order chi connectivity index (χ0) is 27.2. The number of hydrogen-bond donors (Lipinski definition) is 2. The Kier molecular flexibility index (Phi) is 8.21. The third kappa shape index (κ3) is 7.02. The van der Waals surface area contributed by atoms with Crippen molar-refractivity contribution < 1.29 is 14.3 Å². The van der Waals surface area contributed by atoms with Crippen LogP contribution in [0.15, 0.2) is 72.0 Å². The number of amidine groups is 1. The maximum atomic E-state index is 12.6. The van der Waals surface area contributed by atoms with E-state index in [1.54, 1.807) is 23.1 Å². The number of allylic oxidation sites excluding steroid dienone is 2. The quantitative estimate of drug-likeness (QED) is 0.273.